The predicted molar refractivity (Wildman–Crippen MR) is 106 cm³/mol. The molecule has 6 heteroatoms. The second-order valence-corrected chi connectivity index (χ2v) is 8.83. The molecule has 1 N–H and O–H groups in total. The lowest BCUT2D eigenvalue weighted by Gasteiger charge is -2.39. The fourth-order valence-corrected chi connectivity index (χ4v) is 5.45. The van der Waals surface area contributed by atoms with Gasteiger partial charge in [0.25, 0.3) is 5.91 Å². The van der Waals surface area contributed by atoms with Crippen LogP contribution in [0.25, 0.3) is 0 Å². The molecule has 1 amide bonds. The summed E-state index contributed by atoms with van der Waals surface area (Å²) in [6, 6.07) is 5.91. The summed E-state index contributed by atoms with van der Waals surface area (Å²) >= 11 is 1.53. The smallest absolute Gasteiger partial charge is 0.254 e. The number of aryl methyl sites for hydroxylation is 1. The molecule has 0 radical (unpaired) electrons. The van der Waals surface area contributed by atoms with Crippen LogP contribution in [0.2, 0.25) is 0 Å². The maximum atomic E-state index is 12.9. The van der Waals surface area contributed by atoms with Crippen molar-refractivity contribution in [2.75, 3.05) is 0 Å². The van der Waals surface area contributed by atoms with E-state index in [1.54, 1.807) is 6.20 Å². The number of hydrogen-bond acceptors (Lipinski definition) is 5. The molecule has 0 unspecified atom stereocenters. The van der Waals surface area contributed by atoms with E-state index in [1.807, 2.05) is 25.1 Å². The molecule has 4 rings (SSSR count). The number of aromatic nitrogens is 2. The van der Waals surface area contributed by atoms with E-state index in [0.717, 1.165) is 41.2 Å². The van der Waals surface area contributed by atoms with E-state index in [0.29, 0.717) is 17.4 Å². The van der Waals surface area contributed by atoms with Crippen molar-refractivity contribution in [3.8, 4) is 0 Å². The molecule has 27 heavy (non-hydrogen) atoms. The normalized spacial score (nSPS) is 25.0. The van der Waals surface area contributed by atoms with E-state index in [1.165, 1.54) is 43.9 Å². The average molecular weight is 386 g/mol. The summed E-state index contributed by atoms with van der Waals surface area (Å²) in [6.45, 7) is 1.88. The number of nitrogens with zero attached hydrogens (tertiary/aromatic N) is 2. The molecule has 2 saturated carbocycles. The molecular weight excluding hydrogens is 358 g/mol. The molecule has 0 saturated heterocycles. The molecule has 5 nitrogen and oxygen atoms in total. The van der Waals surface area contributed by atoms with E-state index < -0.39 is 0 Å². The van der Waals surface area contributed by atoms with E-state index in [2.05, 4.69) is 15.5 Å². The van der Waals surface area contributed by atoms with Crippen molar-refractivity contribution in [1.82, 2.24) is 15.5 Å². The first-order valence-electron chi connectivity index (χ1n) is 10.00. The summed E-state index contributed by atoms with van der Waals surface area (Å²) in [6.07, 6.45) is 10.7. The lowest BCUT2D eigenvalue weighted by atomic mass is 9.69. The lowest BCUT2D eigenvalue weighted by Crippen LogP contribution is -2.41. The third kappa shape index (κ3) is 4.54. The van der Waals surface area contributed by atoms with Gasteiger partial charge in [-0.15, -0.1) is 0 Å². The number of pyridine rings is 1. The van der Waals surface area contributed by atoms with Gasteiger partial charge in [-0.25, -0.2) is 4.98 Å². The number of carbonyl (C=O) groups excluding carboxylic acids is 1. The Kier molecular flexibility index (Phi) is 5.81. The van der Waals surface area contributed by atoms with Crippen molar-refractivity contribution in [2.45, 2.75) is 68.7 Å². The zero-order chi connectivity index (χ0) is 18.6. The second-order valence-electron chi connectivity index (χ2n) is 7.86. The Balaban J connectivity index is 1.38. The van der Waals surface area contributed by atoms with Crippen molar-refractivity contribution >= 4 is 17.7 Å². The Morgan fingerprint density at radius 3 is 2.93 bits per heavy atom. The van der Waals surface area contributed by atoms with Crippen LogP contribution < -0.4 is 5.32 Å². The molecular formula is C21H27N3O2S. The lowest BCUT2D eigenvalue weighted by molar-refractivity contribution is 0.0876. The maximum Gasteiger partial charge on any atom is 0.254 e. The van der Waals surface area contributed by atoms with Crippen molar-refractivity contribution in [3.05, 3.63) is 41.4 Å². The summed E-state index contributed by atoms with van der Waals surface area (Å²) in [5.41, 5.74) is 1.53. The van der Waals surface area contributed by atoms with Gasteiger partial charge in [-0.05, 0) is 50.2 Å². The van der Waals surface area contributed by atoms with Gasteiger partial charge in [0.2, 0.25) is 0 Å². The first-order valence-corrected chi connectivity index (χ1v) is 11.0. The van der Waals surface area contributed by atoms with Crippen LogP contribution in [-0.2, 0) is 5.75 Å². The summed E-state index contributed by atoms with van der Waals surface area (Å²) in [5.74, 6) is 3.13. The highest BCUT2D eigenvalue weighted by Gasteiger charge is 2.33. The van der Waals surface area contributed by atoms with Crippen LogP contribution in [0.4, 0.5) is 0 Å². The highest BCUT2D eigenvalue weighted by molar-refractivity contribution is 7.98. The SMILES string of the molecule is Cc1cc(CSc2ncccc2C(=O)N[C@@H]2CC[C@@H]3CCCC[C@@H]3C2)no1. The Hall–Kier alpha value is -1.82. The van der Waals surface area contributed by atoms with Gasteiger partial charge in [-0.1, -0.05) is 42.6 Å². The molecule has 0 aromatic carbocycles. The number of nitrogens with one attached hydrogen (secondary N) is 1. The molecule has 2 fully saturated rings. The Morgan fingerprint density at radius 1 is 1.26 bits per heavy atom. The van der Waals surface area contributed by atoms with Crippen molar-refractivity contribution in [2.24, 2.45) is 11.8 Å². The minimum absolute atomic E-state index is 0.00110. The van der Waals surface area contributed by atoms with E-state index in [4.69, 9.17) is 4.52 Å². The Morgan fingerprint density at radius 2 is 2.11 bits per heavy atom. The molecule has 0 spiro atoms. The quantitative estimate of drug-likeness (QED) is 0.752. The number of carbonyl (C=O) groups is 1. The Labute approximate surface area is 164 Å². The van der Waals surface area contributed by atoms with Gasteiger partial charge in [0, 0.05) is 24.1 Å². The van der Waals surface area contributed by atoms with E-state index in [-0.39, 0.29) is 5.91 Å². The fraction of sp³-hybridized carbons (Fsp3) is 0.571. The van der Waals surface area contributed by atoms with Gasteiger partial charge >= 0.3 is 0 Å². The Bertz CT molecular complexity index is 791. The van der Waals surface area contributed by atoms with Crippen LogP contribution in [0.3, 0.4) is 0 Å². The van der Waals surface area contributed by atoms with Crippen molar-refractivity contribution in [3.63, 3.8) is 0 Å². The van der Waals surface area contributed by atoms with Gasteiger partial charge in [0.15, 0.2) is 0 Å². The number of thioether (sulfide) groups is 1. The monoisotopic (exact) mass is 385 g/mol. The summed E-state index contributed by atoms with van der Waals surface area (Å²) in [4.78, 5) is 17.3. The van der Waals surface area contributed by atoms with Crippen LogP contribution in [0.5, 0.6) is 0 Å². The standard InChI is InChI=1S/C21H27N3O2S/c1-14-11-18(24-26-14)13-27-21-19(7-4-10-22-21)20(25)23-17-9-8-15-5-2-3-6-16(15)12-17/h4,7,10-11,15-17H,2-3,5-6,8-9,12-13H2,1H3,(H,23,25)/t15-,16+,17+/m0/s1. The molecule has 0 bridgehead atoms. The average Bonchev–Trinajstić information content (AvgIpc) is 3.11. The second kappa shape index (κ2) is 8.46. The summed E-state index contributed by atoms with van der Waals surface area (Å²) in [5, 5.41) is 8.05. The van der Waals surface area contributed by atoms with Crippen LogP contribution in [0.15, 0.2) is 33.9 Å². The predicted octanol–water partition coefficient (Wildman–Crippen LogP) is 4.76. The zero-order valence-electron chi connectivity index (χ0n) is 15.8. The highest BCUT2D eigenvalue weighted by atomic mass is 32.2. The van der Waals surface area contributed by atoms with Gasteiger partial charge in [0.05, 0.1) is 11.3 Å². The minimum Gasteiger partial charge on any atom is -0.361 e. The third-order valence-electron chi connectivity index (χ3n) is 5.92. The maximum absolute atomic E-state index is 12.9. The third-order valence-corrected chi connectivity index (χ3v) is 6.96. The highest BCUT2D eigenvalue weighted by Crippen LogP contribution is 2.40. The van der Waals surface area contributed by atoms with Crippen molar-refractivity contribution < 1.29 is 9.32 Å². The van der Waals surface area contributed by atoms with Gasteiger partial charge in [-0.2, -0.15) is 0 Å². The van der Waals surface area contributed by atoms with Gasteiger partial charge in [0.1, 0.15) is 10.8 Å². The number of fused-ring (bicyclic) bond motifs is 1. The molecule has 3 atom stereocenters. The zero-order valence-corrected chi connectivity index (χ0v) is 16.6. The van der Waals surface area contributed by atoms with E-state index in [9.17, 15) is 4.79 Å². The van der Waals surface area contributed by atoms with Crippen LogP contribution in [-0.4, -0.2) is 22.1 Å². The molecule has 2 aliphatic rings. The van der Waals surface area contributed by atoms with Gasteiger partial charge < -0.3 is 9.84 Å². The number of rotatable bonds is 5. The molecule has 2 aliphatic carbocycles. The molecule has 0 aliphatic heterocycles. The van der Waals surface area contributed by atoms with Crippen LogP contribution in [0.1, 0.15) is 66.8 Å². The molecule has 2 heterocycles. The largest absolute Gasteiger partial charge is 0.361 e. The van der Waals surface area contributed by atoms with Crippen LogP contribution >= 0.6 is 11.8 Å². The van der Waals surface area contributed by atoms with Gasteiger partial charge in [-0.3, -0.25) is 4.79 Å². The molecule has 2 aromatic heterocycles. The molecule has 144 valence electrons. The fourth-order valence-electron chi connectivity index (χ4n) is 4.57. The van der Waals surface area contributed by atoms with Crippen molar-refractivity contribution in [1.29, 1.82) is 0 Å². The topological polar surface area (TPSA) is 68.0 Å². The number of hydrogen-bond donors (Lipinski definition) is 1. The minimum atomic E-state index is 0.00110. The van der Waals surface area contributed by atoms with E-state index >= 15 is 0 Å². The first kappa shape index (κ1) is 18.5. The summed E-state index contributed by atoms with van der Waals surface area (Å²) < 4.78 is 5.11. The number of amides is 1. The van der Waals surface area contributed by atoms with Crippen LogP contribution in [0, 0.1) is 18.8 Å². The summed E-state index contributed by atoms with van der Waals surface area (Å²) in [7, 11) is 0. The molecule has 2 aromatic rings. The first-order chi connectivity index (χ1) is 13.2.